The monoisotopic (exact) mass is 945 g/mol. The van der Waals surface area contributed by atoms with Crippen LogP contribution in [0.5, 0.6) is 0 Å². The standard InChI is InChI=1S/C51H56FN5O10Si/c1-8-51(63)36-19-41-45-33(21-57(41)47(60)35(36)23-65-48(51)61)44-38(18-17-28-27(2)37(52)20-39(55-45)43(28)44)54-42(58)25-64-26-53-46(59)40(24-67-68(6,7)50(3,4)5)56-49(62)66-22-34-31-15-11-9-13-29(31)30-14-10-12-16-32(30)34/h9-16,19-20,34,38,40,63H,8,17-18,21-26H2,1-7H3,(H,53,59)(H,54,58)(H,56,62)/t38-,40-,51-/m0/s1. The SMILES string of the molecule is CC[C@@]1(O)C(=O)OCc2c1cc1n(c2=O)Cc2c-1nc1cc(F)c(C)c3c1c2[C@@H](NC(=O)COCNC(=O)[C@H](CO[Si](C)(C)C(C)(C)C)NC(=O)OCC1c2ccccc2-c2ccccc21)CC3. The van der Waals surface area contributed by atoms with Crippen molar-refractivity contribution in [1.29, 1.82) is 0 Å². The molecule has 0 unspecified atom stereocenters. The number of aromatic nitrogens is 2. The van der Waals surface area contributed by atoms with Gasteiger partial charge in [-0.15, -0.1) is 0 Å². The normalized spacial score (nSPS) is 18.4. The Balaban J connectivity index is 0.885. The van der Waals surface area contributed by atoms with E-state index in [1.54, 1.807) is 19.9 Å². The third-order valence-electron chi connectivity index (χ3n) is 14.7. The molecule has 356 valence electrons. The Labute approximate surface area is 393 Å². The zero-order chi connectivity index (χ0) is 48.4. The number of amides is 3. The highest BCUT2D eigenvalue weighted by molar-refractivity contribution is 6.74. The van der Waals surface area contributed by atoms with Crippen LogP contribution >= 0.6 is 0 Å². The minimum atomic E-state index is -2.37. The number of hydrogen-bond acceptors (Lipinski definition) is 11. The molecule has 3 atom stereocenters. The van der Waals surface area contributed by atoms with Gasteiger partial charge in [-0.3, -0.25) is 14.4 Å². The molecule has 2 aliphatic heterocycles. The molecule has 4 aliphatic rings. The van der Waals surface area contributed by atoms with E-state index in [0.29, 0.717) is 51.8 Å². The fourth-order valence-corrected chi connectivity index (χ4v) is 10.8. The average Bonchev–Trinajstić information content (AvgIpc) is 3.84. The molecule has 3 aromatic carbocycles. The Morgan fingerprint density at radius 1 is 1.03 bits per heavy atom. The van der Waals surface area contributed by atoms with Gasteiger partial charge < -0.3 is 44.3 Å². The Kier molecular flexibility index (Phi) is 12.2. The molecule has 0 radical (unpaired) electrons. The number of nitrogens with one attached hydrogen (secondary N) is 3. The quantitative estimate of drug-likeness (QED) is 0.0419. The maximum atomic E-state index is 15.4. The van der Waals surface area contributed by atoms with E-state index in [0.717, 1.165) is 27.8 Å². The zero-order valence-electron chi connectivity index (χ0n) is 39.3. The van der Waals surface area contributed by atoms with Gasteiger partial charge in [-0.1, -0.05) is 76.2 Å². The number of carbonyl (C=O) groups is 4. The van der Waals surface area contributed by atoms with Gasteiger partial charge in [0.05, 0.1) is 41.7 Å². The molecule has 17 heteroatoms. The molecule has 0 saturated carbocycles. The number of aryl methyl sites for hydroxylation is 1. The lowest BCUT2D eigenvalue weighted by Gasteiger charge is -2.37. The number of halogens is 1. The van der Waals surface area contributed by atoms with Crippen molar-refractivity contribution in [3.8, 4) is 22.5 Å². The molecule has 5 aromatic rings. The van der Waals surface area contributed by atoms with Crippen molar-refractivity contribution in [2.75, 3.05) is 26.6 Å². The van der Waals surface area contributed by atoms with Gasteiger partial charge in [0.1, 0.15) is 38.4 Å². The summed E-state index contributed by atoms with van der Waals surface area (Å²) in [5.41, 5.74) is 5.81. The predicted molar refractivity (Wildman–Crippen MR) is 253 cm³/mol. The third kappa shape index (κ3) is 8.07. The summed E-state index contributed by atoms with van der Waals surface area (Å²) in [4.78, 5) is 72.5. The van der Waals surface area contributed by atoms with Crippen molar-refractivity contribution >= 4 is 43.1 Å². The van der Waals surface area contributed by atoms with Crippen molar-refractivity contribution in [3.05, 3.63) is 121 Å². The molecule has 3 amide bonds. The average molecular weight is 946 g/mol. The van der Waals surface area contributed by atoms with Gasteiger partial charge in [0.15, 0.2) is 13.9 Å². The number of rotatable bonds is 13. The van der Waals surface area contributed by atoms with Crippen molar-refractivity contribution in [1.82, 2.24) is 25.5 Å². The molecule has 0 spiro atoms. The highest BCUT2D eigenvalue weighted by atomic mass is 28.4. The van der Waals surface area contributed by atoms with Crippen LogP contribution in [0.15, 0.2) is 65.5 Å². The molecule has 2 aliphatic carbocycles. The van der Waals surface area contributed by atoms with Gasteiger partial charge in [0.25, 0.3) is 5.56 Å². The number of cyclic esters (lactones) is 1. The first-order chi connectivity index (χ1) is 32.3. The summed E-state index contributed by atoms with van der Waals surface area (Å²) in [5, 5.41) is 20.4. The number of carbonyl (C=O) groups excluding carboxylic acids is 4. The number of ether oxygens (including phenoxy) is 3. The molecule has 68 heavy (non-hydrogen) atoms. The maximum absolute atomic E-state index is 15.4. The minimum Gasteiger partial charge on any atom is -0.458 e. The lowest BCUT2D eigenvalue weighted by Crippen LogP contribution is -2.53. The number of nitrogens with zero attached hydrogens (tertiary/aromatic N) is 2. The van der Waals surface area contributed by atoms with E-state index in [1.165, 1.54) is 10.6 Å². The summed E-state index contributed by atoms with van der Waals surface area (Å²) in [6.45, 7) is 12.6. The van der Waals surface area contributed by atoms with Crippen LogP contribution in [0, 0.1) is 12.7 Å². The van der Waals surface area contributed by atoms with Crippen molar-refractivity contribution < 1.29 is 47.3 Å². The molecule has 15 nitrogen and oxygen atoms in total. The summed E-state index contributed by atoms with van der Waals surface area (Å²) in [6, 6.07) is 17.2. The minimum absolute atomic E-state index is 0.0247. The number of fused-ring (bicyclic) bond motifs is 8. The van der Waals surface area contributed by atoms with Crippen LogP contribution in [0.2, 0.25) is 18.1 Å². The van der Waals surface area contributed by atoms with Crippen molar-refractivity contribution in [2.24, 2.45) is 0 Å². The van der Waals surface area contributed by atoms with Gasteiger partial charge in [-0.2, -0.15) is 0 Å². The Morgan fingerprint density at radius 2 is 1.72 bits per heavy atom. The van der Waals surface area contributed by atoms with Gasteiger partial charge in [0.2, 0.25) is 11.8 Å². The second kappa shape index (κ2) is 17.7. The topological polar surface area (TPSA) is 196 Å². The van der Waals surface area contributed by atoms with Crippen LogP contribution in [-0.4, -0.2) is 79.4 Å². The molecule has 4 N–H and O–H groups in total. The summed E-state index contributed by atoms with van der Waals surface area (Å²) in [7, 11) is -2.37. The fourth-order valence-electron chi connectivity index (χ4n) is 9.80. The zero-order valence-corrected chi connectivity index (χ0v) is 40.3. The molecule has 4 heterocycles. The summed E-state index contributed by atoms with van der Waals surface area (Å²) >= 11 is 0. The lowest BCUT2D eigenvalue weighted by atomic mass is 9.81. The number of benzene rings is 3. The highest BCUT2D eigenvalue weighted by Crippen LogP contribution is 2.47. The van der Waals surface area contributed by atoms with E-state index in [4.69, 9.17) is 23.6 Å². The molecule has 0 bridgehead atoms. The molecular formula is C51H56FN5O10Si. The largest absolute Gasteiger partial charge is 0.458 e. The van der Waals surface area contributed by atoms with Crippen molar-refractivity contribution in [3.63, 3.8) is 0 Å². The summed E-state index contributed by atoms with van der Waals surface area (Å²) < 4.78 is 40.0. The van der Waals surface area contributed by atoms with Crippen LogP contribution in [0.4, 0.5) is 9.18 Å². The van der Waals surface area contributed by atoms with Crippen molar-refractivity contribution in [2.45, 2.75) is 109 Å². The van der Waals surface area contributed by atoms with E-state index >= 15 is 4.39 Å². The van der Waals surface area contributed by atoms with E-state index in [2.05, 4.69) is 36.7 Å². The smallest absolute Gasteiger partial charge is 0.407 e. The Morgan fingerprint density at radius 3 is 2.40 bits per heavy atom. The second-order valence-electron chi connectivity index (χ2n) is 19.6. The Bertz CT molecular complexity index is 2940. The molecule has 2 aromatic heterocycles. The second-order valence-corrected chi connectivity index (χ2v) is 24.4. The van der Waals surface area contributed by atoms with Gasteiger partial charge >= 0.3 is 12.1 Å². The van der Waals surface area contributed by atoms with E-state index < -0.39 is 67.9 Å². The van der Waals surface area contributed by atoms with E-state index in [9.17, 15) is 29.1 Å². The first kappa shape index (κ1) is 46.8. The van der Waals surface area contributed by atoms with Crippen LogP contribution < -0.4 is 21.5 Å². The number of alkyl carbamates (subject to hydrolysis) is 1. The van der Waals surface area contributed by atoms with Gasteiger partial charge in [-0.25, -0.2) is 19.0 Å². The van der Waals surface area contributed by atoms with Crippen LogP contribution in [0.3, 0.4) is 0 Å². The molecule has 0 saturated heterocycles. The Hall–Kier alpha value is -6.27. The first-order valence-corrected chi connectivity index (χ1v) is 26.0. The van der Waals surface area contributed by atoms with Crippen LogP contribution in [-0.2, 0) is 58.2 Å². The number of aliphatic hydroxyl groups is 1. The van der Waals surface area contributed by atoms with Crippen LogP contribution in [0.25, 0.3) is 33.4 Å². The van der Waals surface area contributed by atoms with Gasteiger partial charge in [-0.05, 0) is 89.3 Å². The number of pyridine rings is 2. The predicted octanol–water partition coefficient (Wildman–Crippen LogP) is 6.65. The third-order valence-corrected chi connectivity index (χ3v) is 19.2. The van der Waals surface area contributed by atoms with E-state index in [-0.39, 0.29) is 61.6 Å². The molecular weight excluding hydrogens is 890 g/mol. The number of esters is 1. The fraction of sp³-hybridized carbons (Fsp3) is 0.412. The van der Waals surface area contributed by atoms with Crippen LogP contribution in [0.1, 0.15) is 97.0 Å². The molecule has 9 rings (SSSR count). The summed E-state index contributed by atoms with van der Waals surface area (Å²) in [6.07, 6.45) is 0.0362. The lowest BCUT2D eigenvalue weighted by molar-refractivity contribution is -0.172. The molecule has 0 fully saturated rings. The first-order valence-electron chi connectivity index (χ1n) is 23.0. The maximum Gasteiger partial charge on any atom is 0.407 e. The van der Waals surface area contributed by atoms with E-state index in [1.807, 2.05) is 61.6 Å². The van der Waals surface area contributed by atoms with Gasteiger partial charge in [0, 0.05) is 28.5 Å². The summed E-state index contributed by atoms with van der Waals surface area (Å²) in [5.74, 6) is -2.54. The number of hydrogen-bond donors (Lipinski definition) is 4. The highest BCUT2D eigenvalue weighted by Gasteiger charge is 2.46.